The zero-order valence-corrected chi connectivity index (χ0v) is 14.5. The predicted molar refractivity (Wildman–Crippen MR) is 96.4 cm³/mol. The quantitative estimate of drug-likeness (QED) is 0.848. The number of methoxy groups -OCH3 is 1. The first-order valence-corrected chi connectivity index (χ1v) is 8.72. The van der Waals surface area contributed by atoms with Crippen LogP contribution in [0.5, 0.6) is 0 Å². The van der Waals surface area contributed by atoms with Crippen LogP contribution in [0.4, 0.5) is 0 Å². The molecular formula is C21H23NO3. The Morgan fingerprint density at radius 2 is 1.76 bits per heavy atom. The van der Waals surface area contributed by atoms with E-state index < -0.39 is 6.04 Å². The molecule has 1 aliphatic carbocycles. The molecule has 1 amide bonds. The van der Waals surface area contributed by atoms with Gasteiger partial charge in [0.05, 0.1) is 19.6 Å². The lowest BCUT2D eigenvalue weighted by Crippen LogP contribution is -2.30. The van der Waals surface area contributed by atoms with Crippen LogP contribution in [0.25, 0.3) is 0 Å². The largest absolute Gasteiger partial charge is 0.469 e. The van der Waals surface area contributed by atoms with Crippen LogP contribution in [-0.2, 0) is 22.4 Å². The van der Waals surface area contributed by atoms with Crippen molar-refractivity contribution in [1.29, 1.82) is 0 Å². The van der Waals surface area contributed by atoms with Crippen molar-refractivity contribution in [3.63, 3.8) is 0 Å². The van der Waals surface area contributed by atoms with Gasteiger partial charge in [-0.05, 0) is 54.5 Å². The topological polar surface area (TPSA) is 55.4 Å². The zero-order valence-electron chi connectivity index (χ0n) is 14.5. The Morgan fingerprint density at radius 3 is 2.48 bits per heavy atom. The number of ether oxygens (including phenoxy) is 1. The summed E-state index contributed by atoms with van der Waals surface area (Å²) in [6, 6.07) is 15.0. The lowest BCUT2D eigenvalue weighted by Gasteiger charge is -2.20. The molecule has 0 saturated carbocycles. The van der Waals surface area contributed by atoms with Gasteiger partial charge in [-0.3, -0.25) is 9.59 Å². The van der Waals surface area contributed by atoms with E-state index in [9.17, 15) is 9.59 Å². The van der Waals surface area contributed by atoms with Crippen LogP contribution in [-0.4, -0.2) is 19.0 Å². The molecule has 4 heteroatoms. The van der Waals surface area contributed by atoms with Crippen molar-refractivity contribution in [3.05, 3.63) is 70.8 Å². The van der Waals surface area contributed by atoms with E-state index in [1.54, 1.807) is 0 Å². The minimum Gasteiger partial charge on any atom is -0.469 e. The summed E-state index contributed by atoms with van der Waals surface area (Å²) < 4.78 is 4.77. The van der Waals surface area contributed by atoms with E-state index in [0.29, 0.717) is 5.56 Å². The minimum atomic E-state index is -0.405. The summed E-state index contributed by atoms with van der Waals surface area (Å²) in [4.78, 5) is 24.5. The molecule has 2 aromatic carbocycles. The van der Waals surface area contributed by atoms with Crippen molar-refractivity contribution in [2.75, 3.05) is 7.11 Å². The summed E-state index contributed by atoms with van der Waals surface area (Å²) >= 11 is 0. The molecule has 0 fully saturated rings. The maximum Gasteiger partial charge on any atom is 0.307 e. The number of fused-ring (bicyclic) bond motifs is 1. The summed E-state index contributed by atoms with van der Waals surface area (Å²) in [5.41, 5.74) is 4.14. The SMILES string of the molecule is COC(=O)C[C@H](NC(=O)c1ccc2c(c1)CCCC2)c1ccccc1. The molecular weight excluding hydrogens is 314 g/mol. The van der Waals surface area contributed by atoms with Crippen LogP contribution in [0.1, 0.15) is 52.4 Å². The fraction of sp³-hybridized carbons (Fsp3) is 0.333. The van der Waals surface area contributed by atoms with E-state index in [1.165, 1.54) is 31.1 Å². The Balaban J connectivity index is 1.79. The second kappa shape index (κ2) is 7.97. The minimum absolute atomic E-state index is 0.108. The Bertz CT molecular complexity index is 755. The second-order valence-electron chi connectivity index (χ2n) is 6.41. The number of esters is 1. The summed E-state index contributed by atoms with van der Waals surface area (Å²) in [6.45, 7) is 0. The molecule has 0 radical (unpaired) electrons. The number of nitrogens with one attached hydrogen (secondary N) is 1. The van der Waals surface area contributed by atoms with Crippen LogP contribution >= 0.6 is 0 Å². The smallest absolute Gasteiger partial charge is 0.307 e. The van der Waals surface area contributed by atoms with E-state index in [0.717, 1.165) is 18.4 Å². The predicted octanol–water partition coefficient (Wildman–Crippen LogP) is 3.60. The maximum absolute atomic E-state index is 12.7. The summed E-state index contributed by atoms with van der Waals surface area (Å²) in [5, 5.41) is 2.98. The van der Waals surface area contributed by atoms with Gasteiger partial charge in [0, 0.05) is 5.56 Å². The number of carbonyl (C=O) groups excluding carboxylic acids is 2. The molecule has 0 bridgehead atoms. The van der Waals surface area contributed by atoms with Gasteiger partial charge in [0.15, 0.2) is 0 Å². The zero-order chi connectivity index (χ0) is 17.6. The molecule has 1 aliphatic rings. The van der Waals surface area contributed by atoms with Crippen LogP contribution in [0.15, 0.2) is 48.5 Å². The number of hydrogen-bond acceptors (Lipinski definition) is 3. The number of rotatable bonds is 5. The first kappa shape index (κ1) is 17.2. The van der Waals surface area contributed by atoms with Gasteiger partial charge < -0.3 is 10.1 Å². The van der Waals surface area contributed by atoms with E-state index in [1.807, 2.05) is 42.5 Å². The lowest BCUT2D eigenvalue weighted by molar-refractivity contribution is -0.141. The highest BCUT2D eigenvalue weighted by molar-refractivity contribution is 5.95. The van der Waals surface area contributed by atoms with Gasteiger partial charge >= 0.3 is 5.97 Å². The van der Waals surface area contributed by atoms with Gasteiger partial charge in [-0.15, -0.1) is 0 Å². The maximum atomic E-state index is 12.7. The molecule has 130 valence electrons. The van der Waals surface area contributed by atoms with E-state index in [4.69, 9.17) is 4.74 Å². The molecule has 4 nitrogen and oxygen atoms in total. The van der Waals surface area contributed by atoms with Gasteiger partial charge in [0.25, 0.3) is 5.91 Å². The molecule has 0 saturated heterocycles. The van der Waals surface area contributed by atoms with Gasteiger partial charge in [-0.2, -0.15) is 0 Å². The van der Waals surface area contributed by atoms with Crippen molar-refractivity contribution in [3.8, 4) is 0 Å². The molecule has 2 aromatic rings. The summed E-state index contributed by atoms with van der Waals surface area (Å²) in [7, 11) is 1.36. The highest BCUT2D eigenvalue weighted by atomic mass is 16.5. The number of aryl methyl sites for hydroxylation is 2. The third-order valence-electron chi connectivity index (χ3n) is 4.72. The van der Waals surface area contributed by atoms with Crippen molar-refractivity contribution in [1.82, 2.24) is 5.32 Å². The fourth-order valence-electron chi connectivity index (χ4n) is 3.30. The van der Waals surface area contributed by atoms with Crippen molar-refractivity contribution < 1.29 is 14.3 Å². The molecule has 0 aromatic heterocycles. The molecule has 0 heterocycles. The normalized spacial score (nSPS) is 14.3. The monoisotopic (exact) mass is 337 g/mol. The van der Waals surface area contributed by atoms with Crippen LogP contribution in [0.3, 0.4) is 0 Å². The van der Waals surface area contributed by atoms with Gasteiger partial charge in [0.1, 0.15) is 0 Å². The first-order chi connectivity index (χ1) is 12.2. The fourth-order valence-corrected chi connectivity index (χ4v) is 3.30. The Morgan fingerprint density at radius 1 is 1.04 bits per heavy atom. The first-order valence-electron chi connectivity index (χ1n) is 8.72. The number of hydrogen-bond donors (Lipinski definition) is 1. The molecule has 25 heavy (non-hydrogen) atoms. The van der Waals surface area contributed by atoms with Gasteiger partial charge in [-0.25, -0.2) is 0 Å². The molecule has 0 spiro atoms. The number of benzene rings is 2. The Kier molecular flexibility index (Phi) is 5.49. The van der Waals surface area contributed by atoms with Crippen LogP contribution in [0.2, 0.25) is 0 Å². The third kappa shape index (κ3) is 4.27. The van der Waals surface area contributed by atoms with Gasteiger partial charge in [0.2, 0.25) is 0 Å². The van der Waals surface area contributed by atoms with Gasteiger partial charge in [-0.1, -0.05) is 36.4 Å². The van der Waals surface area contributed by atoms with E-state index in [-0.39, 0.29) is 18.3 Å². The van der Waals surface area contributed by atoms with Crippen molar-refractivity contribution in [2.45, 2.75) is 38.1 Å². The van der Waals surface area contributed by atoms with Crippen LogP contribution < -0.4 is 5.32 Å². The lowest BCUT2D eigenvalue weighted by atomic mass is 9.90. The molecule has 1 N–H and O–H groups in total. The third-order valence-corrected chi connectivity index (χ3v) is 4.72. The Labute approximate surface area is 148 Å². The standard InChI is InChI=1S/C21H23NO3/c1-25-20(23)14-19(16-8-3-2-4-9-16)22-21(24)18-12-11-15-7-5-6-10-17(15)13-18/h2-4,8-9,11-13,19H,5-7,10,14H2,1H3,(H,22,24)/t19-/m0/s1. The molecule has 1 atom stereocenters. The van der Waals surface area contributed by atoms with Crippen LogP contribution in [0, 0.1) is 0 Å². The Hall–Kier alpha value is -2.62. The highest BCUT2D eigenvalue weighted by Gasteiger charge is 2.20. The van der Waals surface area contributed by atoms with E-state index in [2.05, 4.69) is 11.4 Å². The second-order valence-corrected chi connectivity index (χ2v) is 6.41. The van der Waals surface area contributed by atoms with E-state index >= 15 is 0 Å². The van der Waals surface area contributed by atoms with Crippen molar-refractivity contribution in [2.24, 2.45) is 0 Å². The number of amides is 1. The average molecular weight is 337 g/mol. The van der Waals surface area contributed by atoms with Crippen molar-refractivity contribution >= 4 is 11.9 Å². The number of carbonyl (C=O) groups is 2. The molecule has 0 aliphatic heterocycles. The highest BCUT2D eigenvalue weighted by Crippen LogP contribution is 2.23. The molecule has 0 unspecified atom stereocenters. The summed E-state index contributed by atoms with van der Waals surface area (Å²) in [6.07, 6.45) is 4.62. The summed E-state index contributed by atoms with van der Waals surface area (Å²) in [5.74, 6) is -0.509. The average Bonchev–Trinajstić information content (AvgIpc) is 2.67. The molecule has 3 rings (SSSR count).